The number of hydrogen-bond acceptors (Lipinski definition) is 4. The SMILES string of the molecule is Cc1cc(C(=O)[C@@H](C)Sc2ncn[nH]2)c(C)n1-c1ccc(Cl)cc1. The van der Waals surface area contributed by atoms with Crippen LogP contribution in [0.5, 0.6) is 0 Å². The summed E-state index contributed by atoms with van der Waals surface area (Å²) in [5.41, 5.74) is 3.64. The zero-order chi connectivity index (χ0) is 17.3. The number of Topliss-reactive ketones (excluding diaryl/α,β-unsaturated/α-hetero) is 1. The molecule has 3 rings (SSSR count). The second-order valence-electron chi connectivity index (χ2n) is 5.51. The van der Waals surface area contributed by atoms with Crippen molar-refractivity contribution >= 4 is 29.1 Å². The molecule has 0 spiro atoms. The molecule has 0 aliphatic carbocycles. The summed E-state index contributed by atoms with van der Waals surface area (Å²) in [6.07, 6.45) is 1.44. The molecule has 3 aromatic rings. The first-order valence-corrected chi connectivity index (χ1v) is 8.74. The van der Waals surface area contributed by atoms with Crippen molar-refractivity contribution in [2.45, 2.75) is 31.2 Å². The predicted molar refractivity (Wildman–Crippen MR) is 96.3 cm³/mol. The van der Waals surface area contributed by atoms with Crippen LogP contribution in [0.3, 0.4) is 0 Å². The van der Waals surface area contributed by atoms with Gasteiger partial charge in [0.2, 0.25) is 0 Å². The fourth-order valence-electron chi connectivity index (χ4n) is 2.69. The second kappa shape index (κ2) is 6.83. The highest BCUT2D eigenvalue weighted by atomic mass is 35.5. The molecule has 0 bridgehead atoms. The Hall–Kier alpha value is -2.05. The van der Waals surface area contributed by atoms with Crippen LogP contribution in [0.1, 0.15) is 28.7 Å². The van der Waals surface area contributed by atoms with E-state index in [4.69, 9.17) is 11.6 Å². The lowest BCUT2D eigenvalue weighted by Gasteiger charge is -2.11. The molecule has 5 nitrogen and oxygen atoms in total. The molecule has 0 aliphatic rings. The van der Waals surface area contributed by atoms with Crippen LogP contribution in [-0.4, -0.2) is 30.8 Å². The van der Waals surface area contributed by atoms with Crippen molar-refractivity contribution in [2.75, 3.05) is 0 Å². The number of aromatic nitrogens is 4. The van der Waals surface area contributed by atoms with E-state index >= 15 is 0 Å². The first-order chi connectivity index (χ1) is 11.5. The predicted octanol–water partition coefficient (Wildman–Crippen LogP) is 4.23. The van der Waals surface area contributed by atoms with E-state index in [1.165, 1.54) is 18.1 Å². The van der Waals surface area contributed by atoms with Gasteiger partial charge in [0.25, 0.3) is 0 Å². The van der Waals surface area contributed by atoms with E-state index in [0.29, 0.717) is 10.2 Å². The number of H-pyrrole nitrogens is 1. The lowest BCUT2D eigenvalue weighted by atomic mass is 10.1. The molecule has 0 unspecified atom stereocenters. The summed E-state index contributed by atoms with van der Waals surface area (Å²) in [6.45, 7) is 5.83. The number of benzene rings is 1. The number of carbonyl (C=O) groups is 1. The molecule has 1 N–H and O–H groups in total. The Morgan fingerprint density at radius 2 is 2.00 bits per heavy atom. The summed E-state index contributed by atoms with van der Waals surface area (Å²) in [5, 5.41) is 7.65. The maximum Gasteiger partial charge on any atom is 0.184 e. The van der Waals surface area contributed by atoms with Crippen molar-refractivity contribution < 1.29 is 4.79 Å². The van der Waals surface area contributed by atoms with Crippen LogP contribution in [0.15, 0.2) is 41.8 Å². The molecule has 24 heavy (non-hydrogen) atoms. The summed E-state index contributed by atoms with van der Waals surface area (Å²) in [7, 11) is 0. The topological polar surface area (TPSA) is 63.6 Å². The molecule has 0 amide bonds. The van der Waals surface area contributed by atoms with Gasteiger partial charge in [0, 0.05) is 27.7 Å². The van der Waals surface area contributed by atoms with Crippen LogP contribution >= 0.6 is 23.4 Å². The number of carbonyl (C=O) groups excluding carboxylic acids is 1. The molecule has 2 aromatic heterocycles. The van der Waals surface area contributed by atoms with Crippen molar-refractivity contribution in [3.63, 3.8) is 0 Å². The Bertz CT molecular complexity index is 856. The van der Waals surface area contributed by atoms with Crippen LogP contribution in [0.2, 0.25) is 5.02 Å². The monoisotopic (exact) mass is 360 g/mol. The molecular formula is C17H17ClN4OS. The lowest BCUT2D eigenvalue weighted by Crippen LogP contribution is -2.14. The summed E-state index contributed by atoms with van der Waals surface area (Å²) in [4.78, 5) is 16.9. The average Bonchev–Trinajstić information content (AvgIpc) is 3.16. The molecule has 1 aromatic carbocycles. The number of thioether (sulfide) groups is 1. The number of nitrogens with one attached hydrogen (secondary N) is 1. The quantitative estimate of drug-likeness (QED) is 0.546. The number of hydrogen-bond donors (Lipinski definition) is 1. The molecule has 0 saturated heterocycles. The first-order valence-electron chi connectivity index (χ1n) is 7.48. The summed E-state index contributed by atoms with van der Waals surface area (Å²) < 4.78 is 2.06. The van der Waals surface area contributed by atoms with Gasteiger partial charge < -0.3 is 4.57 Å². The van der Waals surface area contributed by atoms with Gasteiger partial charge in [-0.05, 0) is 51.1 Å². The Morgan fingerprint density at radius 3 is 2.62 bits per heavy atom. The zero-order valence-corrected chi connectivity index (χ0v) is 15.1. The average molecular weight is 361 g/mol. The van der Waals surface area contributed by atoms with Gasteiger partial charge in [0.15, 0.2) is 10.9 Å². The molecule has 2 heterocycles. The zero-order valence-electron chi connectivity index (χ0n) is 13.6. The van der Waals surface area contributed by atoms with E-state index in [2.05, 4.69) is 19.7 Å². The Kier molecular flexibility index (Phi) is 4.78. The number of rotatable bonds is 5. The van der Waals surface area contributed by atoms with E-state index in [-0.39, 0.29) is 11.0 Å². The van der Waals surface area contributed by atoms with Crippen LogP contribution in [0.4, 0.5) is 0 Å². The summed E-state index contributed by atoms with van der Waals surface area (Å²) in [5.74, 6) is 0.0738. The molecule has 0 radical (unpaired) electrons. The van der Waals surface area contributed by atoms with E-state index in [0.717, 1.165) is 22.6 Å². The van der Waals surface area contributed by atoms with Crippen molar-refractivity contribution in [1.82, 2.24) is 19.7 Å². The van der Waals surface area contributed by atoms with Gasteiger partial charge in [-0.3, -0.25) is 9.89 Å². The van der Waals surface area contributed by atoms with E-state index < -0.39 is 0 Å². The van der Waals surface area contributed by atoms with E-state index in [9.17, 15) is 4.79 Å². The third-order valence-corrected chi connectivity index (χ3v) is 5.07. The van der Waals surface area contributed by atoms with Gasteiger partial charge in [-0.2, -0.15) is 5.10 Å². The summed E-state index contributed by atoms with van der Waals surface area (Å²) in [6, 6.07) is 9.52. The number of ketones is 1. The van der Waals surface area contributed by atoms with Gasteiger partial charge in [-0.25, -0.2) is 4.98 Å². The van der Waals surface area contributed by atoms with Crippen molar-refractivity contribution in [3.05, 3.63) is 58.6 Å². The van der Waals surface area contributed by atoms with Crippen molar-refractivity contribution in [2.24, 2.45) is 0 Å². The third-order valence-electron chi connectivity index (χ3n) is 3.83. The molecule has 1 atom stereocenters. The minimum atomic E-state index is -0.253. The smallest absolute Gasteiger partial charge is 0.184 e. The minimum Gasteiger partial charge on any atom is -0.318 e. The standard InChI is InChI=1S/C17H17ClN4OS/c1-10-8-15(16(23)12(3)24-17-19-9-20-21-17)11(2)22(10)14-6-4-13(18)5-7-14/h4-9,12H,1-3H3,(H,19,20,21)/t12-/m1/s1. The highest BCUT2D eigenvalue weighted by Gasteiger charge is 2.23. The maximum atomic E-state index is 12.8. The van der Waals surface area contributed by atoms with Crippen molar-refractivity contribution in [1.29, 1.82) is 0 Å². The third kappa shape index (κ3) is 3.25. The normalized spacial score (nSPS) is 12.3. The van der Waals surface area contributed by atoms with Crippen LogP contribution in [0, 0.1) is 13.8 Å². The summed E-state index contributed by atoms with van der Waals surface area (Å²) >= 11 is 7.33. The molecule has 0 fully saturated rings. The Balaban J connectivity index is 1.90. The molecule has 0 aliphatic heterocycles. The fraction of sp³-hybridized carbons (Fsp3) is 0.235. The van der Waals surface area contributed by atoms with Gasteiger partial charge in [0.1, 0.15) is 6.33 Å². The van der Waals surface area contributed by atoms with Crippen LogP contribution in [-0.2, 0) is 0 Å². The van der Waals surface area contributed by atoms with Gasteiger partial charge >= 0.3 is 0 Å². The van der Waals surface area contributed by atoms with E-state index in [1.54, 1.807) is 0 Å². The number of aryl methyl sites for hydroxylation is 1. The number of halogens is 1. The Morgan fingerprint density at radius 1 is 1.29 bits per heavy atom. The highest BCUT2D eigenvalue weighted by Crippen LogP contribution is 2.27. The largest absolute Gasteiger partial charge is 0.318 e. The fourth-order valence-corrected chi connectivity index (χ4v) is 3.60. The molecule has 124 valence electrons. The van der Waals surface area contributed by atoms with Crippen molar-refractivity contribution in [3.8, 4) is 5.69 Å². The molecular weight excluding hydrogens is 344 g/mol. The van der Waals surface area contributed by atoms with Gasteiger partial charge in [0.05, 0.1) is 5.25 Å². The van der Waals surface area contributed by atoms with Crippen LogP contribution < -0.4 is 0 Å². The first kappa shape index (κ1) is 16.8. The Labute approximate surface area is 149 Å². The number of aromatic amines is 1. The lowest BCUT2D eigenvalue weighted by molar-refractivity contribution is 0.0993. The van der Waals surface area contributed by atoms with Gasteiger partial charge in [-0.15, -0.1) is 0 Å². The molecule has 7 heteroatoms. The van der Waals surface area contributed by atoms with E-state index in [1.807, 2.05) is 51.1 Å². The molecule has 0 saturated carbocycles. The van der Waals surface area contributed by atoms with Crippen LogP contribution in [0.25, 0.3) is 5.69 Å². The highest BCUT2D eigenvalue weighted by molar-refractivity contribution is 8.00. The number of nitrogens with zero attached hydrogens (tertiary/aromatic N) is 3. The minimum absolute atomic E-state index is 0.0738. The maximum absolute atomic E-state index is 12.8. The van der Waals surface area contributed by atoms with Gasteiger partial charge in [-0.1, -0.05) is 23.4 Å². The second-order valence-corrected chi connectivity index (χ2v) is 7.28.